The van der Waals surface area contributed by atoms with Crippen LogP contribution < -0.4 is 0 Å². The molecule has 0 saturated heterocycles. The Morgan fingerprint density at radius 2 is 1.70 bits per heavy atom. The highest BCUT2D eigenvalue weighted by Gasteiger charge is 2.15. The molecule has 0 spiro atoms. The summed E-state index contributed by atoms with van der Waals surface area (Å²) in [6.07, 6.45) is 0. The van der Waals surface area contributed by atoms with Crippen molar-refractivity contribution in [3.8, 4) is 11.7 Å². The Kier molecular flexibility index (Phi) is 2.72. The lowest BCUT2D eigenvalue weighted by Gasteiger charge is -1.99. The zero-order valence-electron chi connectivity index (χ0n) is 10.1. The SMILES string of the molecule is Brc1ccc(-c2nc3c(cc(Br)c4ccccc43)o2)o1. The van der Waals surface area contributed by atoms with E-state index in [-0.39, 0.29) is 0 Å². The molecule has 0 fully saturated rings. The minimum atomic E-state index is 0.481. The number of nitrogens with zero attached hydrogens (tertiary/aromatic N) is 1. The van der Waals surface area contributed by atoms with E-state index in [0.29, 0.717) is 16.3 Å². The fourth-order valence-electron chi connectivity index (χ4n) is 2.25. The van der Waals surface area contributed by atoms with E-state index in [1.807, 2.05) is 36.4 Å². The monoisotopic (exact) mass is 391 g/mol. The normalized spacial score (nSPS) is 11.5. The highest BCUT2D eigenvalue weighted by Crippen LogP contribution is 2.34. The quantitative estimate of drug-likeness (QED) is 0.413. The van der Waals surface area contributed by atoms with Crippen molar-refractivity contribution in [2.75, 3.05) is 0 Å². The van der Waals surface area contributed by atoms with Crippen LogP contribution in [-0.4, -0.2) is 4.98 Å². The number of furan rings is 1. The molecule has 0 N–H and O–H groups in total. The van der Waals surface area contributed by atoms with Gasteiger partial charge in [-0.25, -0.2) is 4.98 Å². The van der Waals surface area contributed by atoms with Gasteiger partial charge in [-0.1, -0.05) is 40.2 Å². The summed E-state index contributed by atoms with van der Waals surface area (Å²) >= 11 is 6.85. The Morgan fingerprint density at radius 3 is 2.45 bits per heavy atom. The molecule has 2 heterocycles. The fourth-order valence-corrected chi connectivity index (χ4v) is 3.11. The number of aromatic nitrogens is 1. The zero-order valence-corrected chi connectivity index (χ0v) is 13.2. The van der Waals surface area contributed by atoms with E-state index < -0.39 is 0 Å². The first-order valence-electron chi connectivity index (χ1n) is 5.96. The molecule has 0 unspecified atom stereocenters. The van der Waals surface area contributed by atoms with Crippen molar-refractivity contribution in [1.82, 2.24) is 4.98 Å². The number of halogens is 2. The van der Waals surface area contributed by atoms with E-state index in [2.05, 4.69) is 42.9 Å². The van der Waals surface area contributed by atoms with Gasteiger partial charge in [0.2, 0.25) is 0 Å². The number of oxazole rings is 1. The highest BCUT2D eigenvalue weighted by atomic mass is 79.9. The van der Waals surface area contributed by atoms with Crippen LogP contribution in [0, 0.1) is 0 Å². The van der Waals surface area contributed by atoms with Gasteiger partial charge < -0.3 is 8.83 Å². The smallest absolute Gasteiger partial charge is 0.264 e. The second kappa shape index (κ2) is 4.46. The van der Waals surface area contributed by atoms with Crippen LogP contribution in [0.25, 0.3) is 33.5 Å². The van der Waals surface area contributed by atoms with Crippen LogP contribution in [-0.2, 0) is 0 Å². The summed E-state index contributed by atoms with van der Waals surface area (Å²) in [5, 5.41) is 2.16. The largest absolute Gasteiger partial charge is 0.444 e. The van der Waals surface area contributed by atoms with Crippen LogP contribution in [0.15, 0.2) is 60.4 Å². The van der Waals surface area contributed by atoms with Crippen molar-refractivity contribution >= 4 is 53.7 Å². The van der Waals surface area contributed by atoms with Crippen molar-refractivity contribution in [2.24, 2.45) is 0 Å². The van der Waals surface area contributed by atoms with Gasteiger partial charge in [0.25, 0.3) is 5.89 Å². The van der Waals surface area contributed by atoms with Crippen LogP contribution >= 0.6 is 31.9 Å². The van der Waals surface area contributed by atoms with Gasteiger partial charge in [0.15, 0.2) is 16.0 Å². The molecule has 0 aliphatic carbocycles. The Balaban J connectivity index is 2.06. The molecule has 0 radical (unpaired) electrons. The first kappa shape index (κ1) is 12.2. The van der Waals surface area contributed by atoms with Crippen LogP contribution in [0.1, 0.15) is 0 Å². The summed E-state index contributed by atoms with van der Waals surface area (Å²) in [6.45, 7) is 0. The standard InChI is InChI=1S/C15H7Br2NO2/c16-10-7-12-14(9-4-2-1-3-8(9)10)18-15(20-12)11-5-6-13(17)19-11/h1-7H. The van der Waals surface area contributed by atoms with E-state index in [9.17, 15) is 0 Å². The molecular formula is C15H7Br2NO2. The molecule has 0 amide bonds. The third kappa shape index (κ3) is 1.81. The maximum absolute atomic E-state index is 5.80. The van der Waals surface area contributed by atoms with Gasteiger partial charge >= 0.3 is 0 Å². The molecule has 0 saturated carbocycles. The summed E-state index contributed by atoms with van der Waals surface area (Å²) in [5.41, 5.74) is 1.57. The van der Waals surface area contributed by atoms with Gasteiger partial charge in [0.1, 0.15) is 5.52 Å². The first-order chi connectivity index (χ1) is 9.72. The fraction of sp³-hybridized carbons (Fsp3) is 0. The van der Waals surface area contributed by atoms with Gasteiger partial charge in [-0.15, -0.1) is 0 Å². The maximum Gasteiger partial charge on any atom is 0.264 e. The van der Waals surface area contributed by atoms with Gasteiger partial charge in [0, 0.05) is 9.86 Å². The Bertz CT molecular complexity index is 940. The van der Waals surface area contributed by atoms with Crippen molar-refractivity contribution in [3.05, 3.63) is 51.6 Å². The predicted octanol–water partition coefficient (Wildman–Crippen LogP) is 5.77. The lowest BCUT2D eigenvalue weighted by molar-refractivity contribution is 0.518. The molecule has 0 aliphatic heterocycles. The van der Waals surface area contributed by atoms with E-state index in [0.717, 1.165) is 26.3 Å². The number of hydrogen-bond acceptors (Lipinski definition) is 3. The summed E-state index contributed by atoms with van der Waals surface area (Å²) in [7, 11) is 0. The third-order valence-electron chi connectivity index (χ3n) is 3.13. The molecular weight excluding hydrogens is 386 g/mol. The van der Waals surface area contributed by atoms with Crippen LogP contribution in [0.4, 0.5) is 0 Å². The van der Waals surface area contributed by atoms with Gasteiger partial charge in [-0.3, -0.25) is 0 Å². The predicted molar refractivity (Wildman–Crippen MR) is 84.6 cm³/mol. The molecule has 0 atom stereocenters. The Morgan fingerprint density at radius 1 is 0.900 bits per heavy atom. The van der Waals surface area contributed by atoms with E-state index in [1.165, 1.54) is 0 Å². The van der Waals surface area contributed by atoms with E-state index in [1.54, 1.807) is 0 Å². The summed E-state index contributed by atoms with van der Waals surface area (Å²) < 4.78 is 12.9. The van der Waals surface area contributed by atoms with Gasteiger partial charge in [-0.05, 0) is 39.5 Å². The second-order valence-electron chi connectivity index (χ2n) is 4.37. The van der Waals surface area contributed by atoms with Crippen molar-refractivity contribution in [2.45, 2.75) is 0 Å². The van der Waals surface area contributed by atoms with Crippen molar-refractivity contribution in [3.63, 3.8) is 0 Å². The van der Waals surface area contributed by atoms with Crippen molar-refractivity contribution in [1.29, 1.82) is 0 Å². The lowest BCUT2D eigenvalue weighted by Crippen LogP contribution is -1.77. The first-order valence-corrected chi connectivity index (χ1v) is 7.54. The van der Waals surface area contributed by atoms with Gasteiger partial charge in [-0.2, -0.15) is 0 Å². The number of benzene rings is 2. The highest BCUT2D eigenvalue weighted by molar-refractivity contribution is 9.10. The van der Waals surface area contributed by atoms with E-state index >= 15 is 0 Å². The van der Waals surface area contributed by atoms with E-state index in [4.69, 9.17) is 8.83 Å². The average molecular weight is 393 g/mol. The molecule has 4 aromatic rings. The Hall–Kier alpha value is -1.59. The molecule has 20 heavy (non-hydrogen) atoms. The minimum absolute atomic E-state index is 0.481. The Labute approximate surface area is 130 Å². The molecule has 0 aliphatic rings. The average Bonchev–Trinajstić information content (AvgIpc) is 3.05. The summed E-state index contributed by atoms with van der Waals surface area (Å²) in [4.78, 5) is 4.56. The molecule has 4 rings (SSSR count). The zero-order chi connectivity index (χ0) is 13.7. The van der Waals surface area contributed by atoms with Crippen LogP contribution in [0.2, 0.25) is 0 Å². The lowest BCUT2D eigenvalue weighted by atomic mass is 10.1. The molecule has 3 nitrogen and oxygen atoms in total. The number of fused-ring (bicyclic) bond motifs is 3. The minimum Gasteiger partial charge on any atom is -0.444 e. The maximum atomic E-state index is 5.80. The molecule has 2 aromatic carbocycles. The van der Waals surface area contributed by atoms with Gasteiger partial charge in [0.05, 0.1) is 0 Å². The van der Waals surface area contributed by atoms with Crippen LogP contribution in [0.5, 0.6) is 0 Å². The summed E-state index contributed by atoms with van der Waals surface area (Å²) in [6, 6.07) is 13.7. The summed E-state index contributed by atoms with van der Waals surface area (Å²) in [5.74, 6) is 1.09. The third-order valence-corrected chi connectivity index (χ3v) is 4.22. The second-order valence-corrected chi connectivity index (χ2v) is 6.01. The number of rotatable bonds is 1. The topological polar surface area (TPSA) is 39.2 Å². The molecule has 5 heteroatoms. The number of hydrogen-bond donors (Lipinski definition) is 0. The van der Waals surface area contributed by atoms with Crippen molar-refractivity contribution < 1.29 is 8.83 Å². The molecule has 98 valence electrons. The molecule has 0 bridgehead atoms. The molecule has 2 aromatic heterocycles. The van der Waals surface area contributed by atoms with Crippen LogP contribution in [0.3, 0.4) is 0 Å².